The lowest BCUT2D eigenvalue weighted by atomic mass is 9.99. The molecule has 0 unspecified atom stereocenters. The molecule has 6 nitrogen and oxygen atoms in total. The summed E-state index contributed by atoms with van der Waals surface area (Å²) >= 11 is 1.38. The van der Waals surface area contributed by atoms with Crippen LogP contribution in [0.4, 0.5) is 5.69 Å². The lowest BCUT2D eigenvalue weighted by Gasteiger charge is -2.32. The number of amides is 1. The molecule has 0 N–H and O–H groups in total. The van der Waals surface area contributed by atoms with Crippen LogP contribution in [0.25, 0.3) is 6.08 Å². The van der Waals surface area contributed by atoms with Crippen molar-refractivity contribution in [3.8, 4) is 0 Å². The van der Waals surface area contributed by atoms with Crippen LogP contribution in [-0.4, -0.2) is 55.7 Å². The van der Waals surface area contributed by atoms with Crippen LogP contribution < -0.4 is 4.90 Å². The predicted molar refractivity (Wildman–Crippen MR) is 110 cm³/mol. The largest absolute Gasteiger partial charge is 0.466 e. The molecule has 7 heteroatoms. The lowest BCUT2D eigenvalue weighted by Crippen LogP contribution is -2.41. The van der Waals surface area contributed by atoms with E-state index in [2.05, 4.69) is 4.99 Å². The molecular weight excluding hydrogens is 362 g/mol. The van der Waals surface area contributed by atoms with Gasteiger partial charge in [0, 0.05) is 32.9 Å². The molecule has 0 saturated carbocycles. The maximum atomic E-state index is 12.3. The number of rotatable bonds is 4. The van der Waals surface area contributed by atoms with Crippen LogP contribution in [0.15, 0.2) is 34.2 Å². The van der Waals surface area contributed by atoms with E-state index in [4.69, 9.17) is 4.74 Å². The Labute approximate surface area is 164 Å². The Morgan fingerprint density at radius 1 is 1.37 bits per heavy atom. The first-order chi connectivity index (χ1) is 13.0. The standard InChI is InChI=1S/C20H25N3O3S/c1-4-26-19(25)15-6-5-11-23(13-15)20-21-18(24)17(27-20)12-14-7-9-16(10-8-14)22(2)3/h7-10,12,15H,4-6,11,13H2,1-3H3/b17-12-/t15-/m0/s1. The molecule has 2 aliphatic heterocycles. The number of aliphatic imine (C=N–C) groups is 1. The van der Waals surface area contributed by atoms with E-state index in [0.29, 0.717) is 23.2 Å². The number of nitrogens with zero attached hydrogens (tertiary/aromatic N) is 3. The first-order valence-corrected chi connectivity index (χ1v) is 10.0. The Morgan fingerprint density at radius 3 is 2.78 bits per heavy atom. The minimum Gasteiger partial charge on any atom is -0.466 e. The maximum Gasteiger partial charge on any atom is 0.310 e. The topological polar surface area (TPSA) is 62.2 Å². The van der Waals surface area contributed by atoms with Gasteiger partial charge in [-0.3, -0.25) is 9.59 Å². The van der Waals surface area contributed by atoms with E-state index >= 15 is 0 Å². The van der Waals surface area contributed by atoms with Gasteiger partial charge in [-0.2, -0.15) is 4.99 Å². The van der Waals surface area contributed by atoms with Crippen molar-refractivity contribution in [1.82, 2.24) is 4.90 Å². The Hall–Kier alpha value is -2.28. The molecule has 1 fully saturated rings. The van der Waals surface area contributed by atoms with Crippen molar-refractivity contribution < 1.29 is 14.3 Å². The average Bonchev–Trinajstić information content (AvgIpc) is 3.03. The molecule has 0 aromatic heterocycles. The summed E-state index contributed by atoms with van der Waals surface area (Å²) in [6.45, 7) is 3.57. The Balaban J connectivity index is 1.67. The highest BCUT2D eigenvalue weighted by molar-refractivity contribution is 8.18. The molecule has 1 saturated heterocycles. The molecule has 2 heterocycles. The smallest absolute Gasteiger partial charge is 0.310 e. The molecular formula is C20H25N3O3S. The van der Waals surface area contributed by atoms with E-state index in [-0.39, 0.29) is 17.8 Å². The van der Waals surface area contributed by atoms with Crippen LogP contribution in [0.5, 0.6) is 0 Å². The summed E-state index contributed by atoms with van der Waals surface area (Å²) in [5, 5.41) is 0.685. The van der Waals surface area contributed by atoms with E-state index in [0.717, 1.165) is 30.6 Å². The minimum atomic E-state index is -0.218. The van der Waals surface area contributed by atoms with Crippen molar-refractivity contribution in [1.29, 1.82) is 0 Å². The highest BCUT2D eigenvalue weighted by Crippen LogP contribution is 2.32. The number of esters is 1. The molecule has 1 atom stereocenters. The fourth-order valence-corrected chi connectivity index (χ4v) is 4.10. The predicted octanol–water partition coefficient (Wildman–Crippen LogP) is 3.00. The molecule has 0 radical (unpaired) electrons. The molecule has 0 spiro atoms. The molecule has 1 aromatic rings. The second-order valence-corrected chi connectivity index (χ2v) is 7.84. The quantitative estimate of drug-likeness (QED) is 0.585. The molecule has 1 aromatic carbocycles. The fourth-order valence-electron chi connectivity index (χ4n) is 3.16. The number of hydrogen-bond donors (Lipinski definition) is 0. The lowest BCUT2D eigenvalue weighted by molar-refractivity contribution is -0.149. The van der Waals surface area contributed by atoms with Crippen molar-refractivity contribution in [2.45, 2.75) is 19.8 Å². The second-order valence-electron chi connectivity index (χ2n) is 6.83. The van der Waals surface area contributed by atoms with Crippen LogP contribution in [0.2, 0.25) is 0 Å². The first-order valence-electron chi connectivity index (χ1n) is 9.19. The number of hydrogen-bond acceptors (Lipinski definition) is 6. The summed E-state index contributed by atoms with van der Waals surface area (Å²) in [7, 11) is 3.98. The van der Waals surface area contributed by atoms with Gasteiger partial charge in [-0.1, -0.05) is 12.1 Å². The number of carbonyl (C=O) groups is 2. The number of amidine groups is 1. The number of carbonyl (C=O) groups excluding carboxylic acids is 2. The number of anilines is 1. The van der Waals surface area contributed by atoms with Gasteiger partial charge in [0.1, 0.15) is 0 Å². The van der Waals surface area contributed by atoms with Gasteiger partial charge in [0.05, 0.1) is 17.4 Å². The summed E-state index contributed by atoms with van der Waals surface area (Å²) < 4.78 is 5.15. The van der Waals surface area contributed by atoms with Gasteiger partial charge in [0.2, 0.25) is 0 Å². The van der Waals surface area contributed by atoms with E-state index in [1.54, 1.807) is 0 Å². The third-order valence-corrected chi connectivity index (χ3v) is 5.67. The van der Waals surface area contributed by atoms with Crippen molar-refractivity contribution in [3.05, 3.63) is 34.7 Å². The highest BCUT2D eigenvalue weighted by Gasteiger charge is 2.32. The van der Waals surface area contributed by atoms with Gasteiger partial charge in [0.25, 0.3) is 5.91 Å². The minimum absolute atomic E-state index is 0.149. The van der Waals surface area contributed by atoms with Gasteiger partial charge in [-0.05, 0) is 55.3 Å². The van der Waals surface area contributed by atoms with E-state index in [9.17, 15) is 9.59 Å². The number of likely N-dealkylation sites (tertiary alicyclic amines) is 1. The van der Waals surface area contributed by atoms with Gasteiger partial charge in [0.15, 0.2) is 5.17 Å². The number of benzene rings is 1. The molecule has 27 heavy (non-hydrogen) atoms. The average molecular weight is 388 g/mol. The van der Waals surface area contributed by atoms with Gasteiger partial charge in [-0.15, -0.1) is 0 Å². The number of thioether (sulfide) groups is 1. The van der Waals surface area contributed by atoms with Crippen LogP contribution >= 0.6 is 11.8 Å². The van der Waals surface area contributed by atoms with Crippen molar-refractivity contribution in [2.75, 3.05) is 38.7 Å². The summed E-state index contributed by atoms with van der Waals surface area (Å²) in [5.41, 5.74) is 2.08. The second kappa shape index (κ2) is 8.61. The zero-order chi connectivity index (χ0) is 19.4. The van der Waals surface area contributed by atoms with Crippen LogP contribution in [0.1, 0.15) is 25.3 Å². The van der Waals surface area contributed by atoms with Crippen LogP contribution in [0.3, 0.4) is 0 Å². The van der Waals surface area contributed by atoms with Crippen molar-refractivity contribution in [3.63, 3.8) is 0 Å². The third kappa shape index (κ3) is 4.71. The number of ether oxygens (including phenoxy) is 1. The summed E-state index contributed by atoms with van der Waals surface area (Å²) in [4.78, 5) is 33.2. The van der Waals surface area contributed by atoms with Crippen molar-refractivity contribution in [2.24, 2.45) is 10.9 Å². The number of piperidine rings is 1. The Bertz CT molecular complexity index is 771. The fraction of sp³-hybridized carbons (Fsp3) is 0.450. The normalized spacial score (nSPS) is 21.4. The third-order valence-electron chi connectivity index (χ3n) is 4.63. The summed E-state index contributed by atoms with van der Waals surface area (Å²) in [5.74, 6) is -0.525. The Kier molecular flexibility index (Phi) is 6.21. The van der Waals surface area contributed by atoms with Crippen LogP contribution in [-0.2, 0) is 14.3 Å². The van der Waals surface area contributed by atoms with E-state index < -0.39 is 0 Å². The van der Waals surface area contributed by atoms with Gasteiger partial charge >= 0.3 is 5.97 Å². The SMILES string of the molecule is CCOC(=O)[C@H]1CCCN(C2=NC(=O)/C(=C/c3ccc(N(C)C)cc3)S2)C1. The zero-order valence-corrected chi connectivity index (χ0v) is 16.8. The molecule has 3 rings (SSSR count). The van der Waals surface area contributed by atoms with E-state index in [1.807, 2.05) is 61.2 Å². The summed E-state index contributed by atoms with van der Waals surface area (Å²) in [6.07, 6.45) is 3.58. The summed E-state index contributed by atoms with van der Waals surface area (Å²) in [6, 6.07) is 8.03. The van der Waals surface area contributed by atoms with Gasteiger partial charge in [-0.25, -0.2) is 0 Å². The van der Waals surface area contributed by atoms with Crippen molar-refractivity contribution >= 4 is 40.6 Å². The molecule has 144 valence electrons. The van der Waals surface area contributed by atoms with Gasteiger partial charge < -0.3 is 14.5 Å². The van der Waals surface area contributed by atoms with Crippen LogP contribution in [0, 0.1) is 5.92 Å². The maximum absolute atomic E-state index is 12.3. The molecule has 0 bridgehead atoms. The molecule has 2 aliphatic rings. The Morgan fingerprint density at radius 2 is 2.11 bits per heavy atom. The first kappa shape index (κ1) is 19.5. The zero-order valence-electron chi connectivity index (χ0n) is 16.0. The highest BCUT2D eigenvalue weighted by atomic mass is 32.2. The monoisotopic (exact) mass is 387 g/mol. The molecule has 1 amide bonds. The molecule has 0 aliphatic carbocycles. The van der Waals surface area contributed by atoms with E-state index in [1.165, 1.54) is 11.8 Å².